The highest BCUT2D eigenvalue weighted by atomic mass is 16.6. The van der Waals surface area contributed by atoms with Crippen molar-refractivity contribution in [1.82, 2.24) is 24.5 Å². The average Bonchev–Trinajstić information content (AvgIpc) is 3.61. The Hall–Kier alpha value is -4.08. The molecule has 1 amide bonds. The molecule has 2 aromatic carbocycles. The van der Waals surface area contributed by atoms with Crippen LogP contribution in [0.15, 0.2) is 48.5 Å². The van der Waals surface area contributed by atoms with Crippen molar-refractivity contribution in [3.63, 3.8) is 0 Å². The molecule has 2 aliphatic rings. The molecule has 0 radical (unpaired) electrons. The summed E-state index contributed by atoms with van der Waals surface area (Å²) in [6, 6.07) is 13.7. The van der Waals surface area contributed by atoms with Gasteiger partial charge in [-0.3, -0.25) is 14.9 Å². The first-order chi connectivity index (χ1) is 16.5. The quantitative estimate of drug-likeness (QED) is 0.341. The third-order valence-electron chi connectivity index (χ3n) is 6.69. The van der Waals surface area contributed by atoms with E-state index in [1.54, 1.807) is 0 Å². The molecule has 2 aromatic heterocycles. The summed E-state index contributed by atoms with van der Waals surface area (Å²) in [5, 5.41) is 20.9. The second-order valence-electron chi connectivity index (χ2n) is 9.02. The van der Waals surface area contributed by atoms with E-state index >= 15 is 0 Å². The summed E-state index contributed by atoms with van der Waals surface area (Å²) < 4.78 is 2.10. The number of piperazine rings is 1. The molecule has 172 valence electrons. The largest absolute Gasteiger partial charge is 0.338 e. The number of non-ortho nitro benzene ring substituents is 1. The van der Waals surface area contributed by atoms with E-state index in [0.29, 0.717) is 31.1 Å². The highest BCUT2D eigenvalue weighted by Gasteiger charge is 2.34. The second kappa shape index (κ2) is 7.75. The Morgan fingerprint density at radius 3 is 2.53 bits per heavy atom. The summed E-state index contributed by atoms with van der Waals surface area (Å²) in [7, 11) is 0. The Morgan fingerprint density at radius 1 is 1.06 bits per heavy atom. The van der Waals surface area contributed by atoms with Gasteiger partial charge in [0.1, 0.15) is 5.82 Å². The lowest BCUT2D eigenvalue weighted by atomic mass is 10.1. The molecule has 3 heterocycles. The van der Waals surface area contributed by atoms with Crippen LogP contribution >= 0.6 is 0 Å². The van der Waals surface area contributed by atoms with Crippen molar-refractivity contribution >= 4 is 34.1 Å². The number of aromatic nitrogens is 4. The van der Waals surface area contributed by atoms with Crippen LogP contribution < -0.4 is 4.90 Å². The SMILES string of the molecule is CC1CN(c2nc3ccccc3c3nnc(C4CC4)n23)CCN1C(=O)c1ccc([N+](=O)[O-])cc1. The van der Waals surface area contributed by atoms with Gasteiger partial charge in [0, 0.05) is 54.7 Å². The molecule has 6 rings (SSSR count). The molecule has 1 atom stereocenters. The molecule has 1 aliphatic carbocycles. The van der Waals surface area contributed by atoms with E-state index in [-0.39, 0.29) is 17.6 Å². The van der Waals surface area contributed by atoms with Gasteiger partial charge in [0.15, 0.2) is 5.65 Å². The van der Waals surface area contributed by atoms with Crippen LogP contribution in [0.1, 0.15) is 41.9 Å². The van der Waals surface area contributed by atoms with Crippen LogP contribution in [0.5, 0.6) is 0 Å². The van der Waals surface area contributed by atoms with Gasteiger partial charge in [0.05, 0.1) is 10.4 Å². The Bertz CT molecular complexity index is 1430. The number of fused-ring (bicyclic) bond motifs is 3. The van der Waals surface area contributed by atoms with Gasteiger partial charge in [-0.05, 0) is 44.0 Å². The van der Waals surface area contributed by atoms with E-state index in [9.17, 15) is 14.9 Å². The first-order valence-corrected chi connectivity index (χ1v) is 11.5. The fourth-order valence-corrected chi connectivity index (χ4v) is 4.74. The summed E-state index contributed by atoms with van der Waals surface area (Å²) in [5.74, 6) is 2.07. The Balaban J connectivity index is 1.31. The van der Waals surface area contributed by atoms with Crippen LogP contribution in [0.3, 0.4) is 0 Å². The third-order valence-corrected chi connectivity index (χ3v) is 6.69. The summed E-state index contributed by atoms with van der Waals surface area (Å²) >= 11 is 0. The van der Waals surface area contributed by atoms with E-state index in [1.165, 1.54) is 24.3 Å². The van der Waals surface area contributed by atoms with Crippen LogP contribution in [-0.2, 0) is 0 Å². The standard InChI is InChI=1S/C24H23N7O3/c1-15-14-28(12-13-29(15)23(32)17-8-10-18(11-9-17)31(33)34)24-25-20-5-3-2-4-19(20)22-27-26-21(30(22)24)16-6-7-16/h2-5,8-11,15-16H,6-7,12-14H2,1H3. The van der Waals surface area contributed by atoms with Crippen LogP contribution in [0.4, 0.5) is 11.6 Å². The molecular formula is C24H23N7O3. The minimum Gasteiger partial charge on any atom is -0.338 e. The maximum Gasteiger partial charge on any atom is 0.269 e. The van der Waals surface area contributed by atoms with E-state index < -0.39 is 4.92 Å². The van der Waals surface area contributed by atoms with Gasteiger partial charge in [0.25, 0.3) is 11.6 Å². The molecule has 1 saturated heterocycles. The number of carbonyl (C=O) groups excluding carboxylic acids is 1. The van der Waals surface area contributed by atoms with Crippen molar-refractivity contribution in [3.05, 3.63) is 70.0 Å². The van der Waals surface area contributed by atoms with Crippen molar-refractivity contribution in [2.75, 3.05) is 24.5 Å². The second-order valence-corrected chi connectivity index (χ2v) is 9.02. The van der Waals surface area contributed by atoms with Crippen LogP contribution in [0, 0.1) is 10.1 Å². The fourth-order valence-electron chi connectivity index (χ4n) is 4.74. The molecule has 0 bridgehead atoms. The van der Waals surface area contributed by atoms with E-state index in [0.717, 1.165) is 41.2 Å². The summed E-state index contributed by atoms with van der Waals surface area (Å²) in [4.78, 5) is 32.6. The number of anilines is 1. The van der Waals surface area contributed by atoms with Gasteiger partial charge in [0.2, 0.25) is 5.95 Å². The van der Waals surface area contributed by atoms with E-state index in [2.05, 4.69) is 19.5 Å². The molecule has 0 N–H and O–H groups in total. The van der Waals surface area contributed by atoms with Crippen molar-refractivity contribution in [3.8, 4) is 0 Å². The van der Waals surface area contributed by atoms with Crippen LogP contribution in [0.2, 0.25) is 0 Å². The predicted molar refractivity (Wildman–Crippen MR) is 126 cm³/mol. The maximum absolute atomic E-state index is 13.1. The van der Waals surface area contributed by atoms with E-state index in [1.807, 2.05) is 36.1 Å². The van der Waals surface area contributed by atoms with Crippen LogP contribution in [-0.4, -0.2) is 61.0 Å². The summed E-state index contributed by atoms with van der Waals surface area (Å²) in [5.41, 5.74) is 2.12. The van der Waals surface area contributed by atoms with Crippen LogP contribution in [0.25, 0.3) is 16.6 Å². The summed E-state index contributed by atoms with van der Waals surface area (Å²) in [6.45, 7) is 3.77. The predicted octanol–water partition coefficient (Wildman–Crippen LogP) is 3.41. The minimum atomic E-state index is -0.464. The fraction of sp³-hybridized carbons (Fsp3) is 0.333. The smallest absolute Gasteiger partial charge is 0.269 e. The number of benzene rings is 2. The van der Waals surface area contributed by atoms with Crippen molar-refractivity contribution in [1.29, 1.82) is 0 Å². The molecule has 4 aromatic rings. The molecule has 1 aliphatic heterocycles. The number of para-hydroxylation sites is 1. The number of nitro benzene ring substituents is 1. The number of nitrogens with zero attached hydrogens (tertiary/aromatic N) is 7. The average molecular weight is 457 g/mol. The first-order valence-electron chi connectivity index (χ1n) is 11.5. The monoisotopic (exact) mass is 457 g/mol. The van der Waals surface area contributed by atoms with Gasteiger partial charge < -0.3 is 9.80 Å². The van der Waals surface area contributed by atoms with Gasteiger partial charge in [-0.2, -0.15) is 0 Å². The van der Waals surface area contributed by atoms with Gasteiger partial charge in [-0.15, -0.1) is 10.2 Å². The molecule has 2 fully saturated rings. The highest BCUT2D eigenvalue weighted by molar-refractivity contribution is 5.95. The zero-order valence-corrected chi connectivity index (χ0v) is 18.7. The molecular weight excluding hydrogens is 434 g/mol. The van der Waals surface area contributed by atoms with Gasteiger partial charge in [-0.1, -0.05) is 12.1 Å². The Morgan fingerprint density at radius 2 is 1.82 bits per heavy atom. The lowest BCUT2D eigenvalue weighted by Crippen LogP contribution is -2.54. The number of carbonyl (C=O) groups is 1. The van der Waals surface area contributed by atoms with E-state index in [4.69, 9.17) is 4.98 Å². The van der Waals surface area contributed by atoms with Crippen molar-refractivity contribution in [2.45, 2.75) is 31.7 Å². The molecule has 10 nitrogen and oxygen atoms in total. The first kappa shape index (κ1) is 20.5. The Kier molecular flexibility index (Phi) is 4.68. The maximum atomic E-state index is 13.1. The third kappa shape index (κ3) is 3.33. The number of amides is 1. The molecule has 0 spiro atoms. The molecule has 10 heteroatoms. The molecule has 1 unspecified atom stereocenters. The molecule has 1 saturated carbocycles. The lowest BCUT2D eigenvalue weighted by molar-refractivity contribution is -0.384. The minimum absolute atomic E-state index is 0.0266. The number of nitro groups is 1. The van der Waals surface area contributed by atoms with Gasteiger partial charge in [-0.25, -0.2) is 9.38 Å². The summed E-state index contributed by atoms with van der Waals surface area (Å²) in [6.07, 6.45) is 2.22. The highest BCUT2D eigenvalue weighted by Crippen LogP contribution is 2.40. The van der Waals surface area contributed by atoms with Crippen molar-refractivity contribution in [2.24, 2.45) is 0 Å². The van der Waals surface area contributed by atoms with Crippen molar-refractivity contribution < 1.29 is 9.72 Å². The Labute approximate surface area is 195 Å². The zero-order valence-electron chi connectivity index (χ0n) is 18.7. The zero-order chi connectivity index (χ0) is 23.4. The lowest BCUT2D eigenvalue weighted by Gasteiger charge is -2.40. The normalized spacial score (nSPS) is 18.6. The topological polar surface area (TPSA) is 110 Å². The number of hydrogen-bond donors (Lipinski definition) is 0. The number of hydrogen-bond acceptors (Lipinski definition) is 7. The number of rotatable bonds is 4. The molecule has 34 heavy (non-hydrogen) atoms. The van der Waals surface area contributed by atoms with Gasteiger partial charge >= 0.3 is 0 Å².